The van der Waals surface area contributed by atoms with Gasteiger partial charge >= 0.3 is 0 Å². The molecule has 1 aromatic rings. The largest absolute Gasteiger partial charge is 0.371 e. The summed E-state index contributed by atoms with van der Waals surface area (Å²) < 4.78 is 0. The molecule has 0 heterocycles. The van der Waals surface area contributed by atoms with Crippen molar-refractivity contribution in [3.63, 3.8) is 0 Å². The van der Waals surface area contributed by atoms with Crippen LogP contribution >= 0.6 is 0 Å². The molecule has 0 aliphatic heterocycles. The van der Waals surface area contributed by atoms with E-state index in [-0.39, 0.29) is 0 Å². The van der Waals surface area contributed by atoms with Gasteiger partial charge in [0, 0.05) is 19.6 Å². The monoisotopic (exact) mass is 287 g/mol. The summed E-state index contributed by atoms with van der Waals surface area (Å²) in [4.78, 5) is 2.22. The second-order valence-corrected chi connectivity index (χ2v) is 6.23. The second kappa shape index (κ2) is 8.69. The Bertz CT molecular complexity index is 474. The van der Waals surface area contributed by atoms with Gasteiger partial charge in [0.1, 0.15) is 6.07 Å². The van der Waals surface area contributed by atoms with E-state index >= 15 is 0 Å². The molecule has 0 saturated carbocycles. The molecule has 1 rings (SSSR count). The molecule has 3 nitrogen and oxygen atoms in total. The molecular formula is C18H29N3. The third-order valence-electron chi connectivity index (χ3n) is 3.79. The van der Waals surface area contributed by atoms with Gasteiger partial charge in [0.05, 0.1) is 11.3 Å². The van der Waals surface area contributed by atoms with E-state index in [2.05, 4.69) is 63.2 Å². The van der Waals surface area contributed by atoms with Gasteiger partial charge in [-0.15, -0.1) is 0 Å². The summed E-state index contributed by atoms with van der Waals surface area (Å²) in [6, 6.07) is 8.99. The molecule has 1 atom stereocenters. The van der Waals surface area contributed by atoms with Gasteiger partial charge < -0.3 is 10.2 Å². The van der Waals surface area contributed by atoms with Gasteiger partial charge in [-0.2, -0.15) is 5.26 Å². The number of hydrogen-bond acceptors (Lipinski definition) is 3. The van der Waals surface area contributed by atoms with E-state index < -0.39 is 0 Å². The summed E-state index contributed by atoms with van der Waals surface area (Å²) in [6.07, 6.45) is 2.25. The number of nitriles is 1. The maximum Gasteiger partial charge on any atom is 0.101 e. The van der Waals surface area contributed by atoms with Crippen LogP contribution in [-0.4, -0.2) is 19.6 Å². The highest BCUT2D eigenvalue weighted by molar-refractivity contribution is 5.60. The topological polar surface area (TPSA) is 39.1 Å². The highest BCUT2D eigenvalue weighted by Gasteiger charge is 2.15. The van der Waals surface area contributed by atoms with Crippen molar-refractivity contribution in [2.24, 2.45) is 5.92 Å². The van der Waals surface area contributed by atoms with Gasteiger partial charge in [-0.25, -0.2) is 0 Å². The van der Waals surface area contributed by atoms with Crippen LogP contribution in [0.5, 0.6) is 0 Å². The summed E-state index contributed by atoms with van der Waals surface area (Å²) in [7, 11) is 2.08. The number of nitrogens with zero attached hydrogens (tertiary/aromatic N) is 2. The molecule has 3 heteroatoms. The van der Waals surface area contributed by atoms with Gasteiger partial charge in [0.25, 0.3) is 0 Å². The van der Waals surface area contributed by atoms with Crippen molar-refractivity contribution < 1.29 is 0 Å². The fourth-order valence-corrected chi connectivity index (χ4v) is 2.58. The molecule has 0 fully saturated rings. The Morgan fingerprint density at radius 2 is 2.00 bits per heavy atom. The predicted molar refractivity (Wildman–Crippen MR) is 90.5 cm³/mol. The lowest BCUT2D eigenvalue weighted by molar-refractivity contribution is 0.504. The fraction of sp³-hybridized carbons (Fsp3) is 0.611. The van der Waals surface area contributed by atoms with Crippen molar-refractivity contribution in [2.45, 2.75) is 53.1 Å². The molecule has 1 N–H and O–H groups in total. The van der Waals surface area contributed by atoms with Crippen LogP contribution in [0.1, 0.15) is 51.7 Å². The average molecular weight is 287 g/mol. The molecule has 0 aliphatic rings. The Balaban J connectivity index is 2.85. The standard InChI is InChI=1S/C18H29N3/c1-6-9-20-13-16-7-8-18(17(11-16)12-19)21(5)15(4)10-14(2)3/h7-8,11,14-15,20H,6,9-10,13H2,1-5H3. The summed E-state index contributed by atoms with van der Waals surface area (Å²) in [5, 5.41) is 12.8. The van der Waals surface area contributed by atoms with Gasteiger partial charge in [0.15, 0.2) is 0 Å². The third kappa shape index (κ3) is 5.40. The molecule has 1 aromatic carbocycles. The van der Waals surface area contributed by atoms with Crippen molar-refractivity contribution in [3.8, 4) is 6.07 Å². The average Bonchev–Trinajstić information content (AvgIpc) is 2.46. The van der Waals surface area contributed by atoms with Crippen LogP contribution in [0.2, 0.25) is 0 Å². The Morgan fingerprint density at radius 3 is 2.57 bits per heavy atom. The number of benzene rings is 1. The van der Waals surface area contributed by atoms with E-state index in [4.69, 9.17) is 0 Å². The van der Waals surface area contributed by atoms with Crippen LogP contribution in [0.25, 0.3) is 0 Å². The summed E-state index contributed by atoms with van der Waals surface area (Å²) >= 11 is 0. The first-order valence-electron chi connectivity index (χ1n) is 7.96. The van der Waals surface area contributed by atoms with Crippen LogP contribution in [0.15, 0.2) is 18.2 Å². The van der Waals surface area contributed by atoms with Crippen molar-refractivity contribution in [3.05, 3.63) is 29.3 Å². The van der Waals surface area contributed by atoms with Gasteiger partial charge in [-0.05, 0) is 49.9 Å². The van der Waals surface area contributed by atoms with E-state index in [1.54, 1.807) is 0 Å². The molecule has 0 spiro atoms. The molecule has 21 heavy (non-hydrogen) atoms. The van der Waals surface area contributed by atoms with Gasteiger partial charge in [0.2, 0.25) is 0 Å². The summed E-state index contributed by atoms with van der Waals surface area (Å²) in [5.41, 5.74) is 2.97. The Kier molecular flexibility index (Phi) is 7.25. The number of nitrogens with one attached hydrogen (secondary N) is 1. The Hall–Kier alpha value is -1.53. The van der Waals surface area contributed by atoms with Crippen molar-refractivity contribution in [2.75, 3.05) is 18.5 Å². The summed E-state index contributed by atoms with van der Waals surface area (Å²) in [5.74, 6) is 0.658. The molecule has 0 aromatic heterocycles. The van der Waals surface area contributed by atoms with Crippen LogP contribution in [0, 0.1) is 17.2 Å². The second-order valence-electron chi connectivity index (χ2n) is 6.23. The highest BCUT2D eigenvalue weighted by atomic mass is 15.1. The van der Waals surface area contributed by atoms with Gasteiger partial charge in [-0.3, -0.25) is 0 Å². The van der Waals surface area contributed by atoms with Gasteiger partial charge in [-0.1, -0.05) is 26.8 Å². The minimum Gasteiger partial charge on any atom is -0.371 e. The molecule has 0 saturated heterocycles. The minimum absolute atomic E-state index is 0.432. The first-order chi connectivity index (χ1) is 9.99. The highest BCUT2D eigenvalue weighted by Crippen LogP contribution is 2.24. The van der Waals surface area contributed by atoms with Crippen LogP contribution in [0.4, 0.5) is 5.69 Å². The Labute approximate surface area is 130 Å². The maximum absolute atomic E-state index is 9.43. The molecule has 116 valence electrons. The quantitative estimate of drug-likeness (QED) is 0.736. The molecule has 0 aliphatic carbocycles. The van der Waals surface area contributed by atoms with Crippen molar-refractivity contribution in [1.29, 1.82) is 5.26 Å². The van der Waals surface area contributed by atoms with E-state index in [0.29, 0.717) is 12.0 Å². The molecule has 0 bridgehead atoms. The van der Waals surface area contributed by atoms with Crippen LogP contribution in [0.3, 0.4) is 0 Å². The normalized spacial score (nSPS) is 12.2. The SMILES string of the molecule is CCCNCc1ccc(N(C)C(C)CC(C)C)c(C#N)c1. The molecule has 0 amide bonds. The zero-order valence-corrected chi connectivity index (χ0v) is 14.1. The lowest BCUT2D eigenvalue weighted by Crippen LogP contribution is -2.30. The Morgan fingerprint density at radius 1 is 1.29 bits per heavy atom. The van der Waals surface area contributed by atoms with E-state index in [1.165, 1.54) is 5.56 Å². The smallest absolute Gasteiger partial charge is 0.101 e. The number of rotatable bonds is 8. The lowest BCUT2D eigenvalue weighted by atomic mass is 10.0. The molecule has 0 radical (unpaired) electrons. The van der Waals surface area contributed by atoms with E-state index in [9.17, 15) is 5.26 Å². The lowest BCUT2D eigenvalue weighted by Gasteiger charge is -2.29. The van der Waals surface area contributed by atoms with Crippen molar-refractivity contribution >= 4 is 5.69 Å². The fourth-order valence-electron chi connectivity index (χ4n) is 2.58. The summed E-state index contributed by atoms with van der Waals surface area (Å²) in [6.45, 7) is 10.7. The van der Waals surface area contributed by atoms with Crippen LogP contribution < -0.4 is 10.2 Å². The van der Waals surface area contributed by atoms with Crippen LogP contribution in [-0.2, 0) is 6.54 Å². The predicted octanol–water partition coefficient (Wildman–Crippen LogP) is 3.93. The first kappa shape index (κ1) is 17.5. The van der Waals surface area contributed by atoms with E-state index in [1.807, 2.05) is 6.07 Å². The third-order valence-corrected chi connectivity index (χ3v) is 3.79. The first-order valence-corrected chi connectivity index (χ1v) is 7.96. The molecular weight excluding hydrogens is 258 g/mol. The molecule has 1 unspecified atom stereocenters. The van der Waals surface area contributed by atoms with E-state index in [0.717, 1.165) is 37.2 Å². The van der Waals surface area contributed by atoms with Crippen molar-refractivity contribution in [1.82, 2.24) is 5.32 Å². The zero-order valence-electron chi connectivity index (χ0n) is 14.1. The number of hydrogen-bond donors (Lipinski definition) is 1. The maximum atomic E-state index is 9.43. The number of anilines is 1. The zero-order chi connectivity index (χ0) is 15.8. The minimum atomic E-state index is 0.432.